The summed E-state index contributed by atoms with van der Waals surface area (Å²) < 4.78 is 27.3. The molecule has 0 bridgehead atoms. The van der Waals surface area contributed by atoms with Gasteiger partial charge in [-0.15, -0.1) is 11.3 Å². The van der Waals surface area contributed by atoms with Gasteiger partial charge in [-0.3, -0.25) is 4.79 Å². The second kappa shape index (κ2) is 7.54. The molecule has 5 nitrogen and oxygen atoms in total. The van der Waals surface area contributed by atoms with E-state index in [0.717, 1.165) is 25.7 Å². The van der Waals surface area contributed by atoms with E-state index in [1.165, 1.54) is 34.9 Å². The quantitative estimate of drug-likeness (QED) is 0.819. The standard InChI is InChI=1S/C17H26N2O3S2/c1-18(15-8-3-2-4-9-15)17(20)14-7-5-11-19(13-14)24(21,22)16-10-6-12-23-16/h6,10,12,14-15H,2-5,7-9,11,13H2,1H3. The summed E-state index contributed by atoms with van der Waals surface area (Å²) in [6.07, 6.45) is 7.32. The van der Waals surface area contributed by atoms with Crippen molar-refractivity contribution in [3.05, 3.63) is 17.5 Å². The predicted molar refractivity (Wildman–Crippen MR) is 95.4 cm³/mol. The van der Waals surface area contributed by atoms with Crippen molar-refractivity contribution in [3.8, 4) is 0 Å². The van der Waals surface area contributed by atoms with Crippen molar-refractivity contribution < 1.29 is 13.2 Å². The first-order valence-electron chi connectivity index (χ1n) is 8.80. The van der Waals surface area contributed by atoms with Crippen LogP contribution in [-0.2, 0) is 14.8 Å². The van der Waals surface area contributed by atoms with Crippen molar-refractivity contribution in [3.63, 3.8) is 0 Å². The lowest BCUT2D eigenvalue weighted by molar-refractivity contribution is -0.138. The summed E-state index contributed by atoms with van der Waals surface area (Å²) in [5, 5.41) is 1.77. The summed E-state index contributed by atoms with van der Waals surface area (Å²) in [6, 6.07) is 3.72. The van der Waals surface area contributed by atoms with Crippen molar-refractivity contribution in [2.75, 3.05) is 20.1 Å². The third-order valence-corrected chi connectivity index (χ3v) is 8.53. The molecule has 1 aliphatic carbocycles. The van der Waals surface area contributed by atoms with E-state index >= 15 is 0 Å². The monoisotopic (exact) mass is 370 g/mol. The number of hydrogen-bond acceptors (Lipinski definition) is 4. The van der Waals surface area contributed by atoms with Gasteiger partial charge < -0.3 is 4.90 Å². The fraction of sp³-hybridized carbons (Fsp3) is 0.706. The molecule has 7 heteroatoms. The molecule has 1 aliphatic heterocycles. The zero-order chi connectivity index (χ0) is 17.2. The van der Waals surface area contributed by atoms with E-state index in [-0.39, 0.29) is 11.8 Å². The summed E-state index contributed by atoms with van der Waals surface area (Å²) in [6.45, 7) is 0.827. The van der Waals surface area contributed by atoms with Crippen LogP contribution >= 0.6 is 11.3 Å². The van der Waals surface area contributed by atoms with Crippen LogP contribution in [0, 0.1) is 5.92 Å². The van der Waals surface area contributed by atoms with E-state index in [0.29, 0.717) is 23.3 Å². The zero-order valence-corrected chi connectivity index (χ0v) is 15.8. The van der Waals surface area contributed by atoms with Gasteiger partial charge in [0.05, 0.1) is 5.92 Å². The third-order valence-electron chi connectivity index (χ3n) is 5.29. The maximum absolute atomic E-state index is 12.9. The van der Waals surface area contributed by atoms with Crippen LogP contribution in [0.4, 0.5) is 0 Å². The molecule has 2 heterocycles. The maximum Gasteiger partial charge on any atom is 0.252 e. The molecule has 1 unspecified atom stereocenters. The first kappa shape index (κ1) is 17.9. The number of rotatable bonds is 4. The van der Waals surface area contributed by atoms with Gasteiger partial charge in [-0.1, -0.05) is 25.3 Å². The molecule has 2 fully saturated rings. The minimum absolute atomic E-state index is 0.118. The highest BCUT2D eigenvalue weighted by atomic mass is 32.2. The molecule has 1 saturated carbocycles. The van der Waals surface area contributed by atoms with E-state index in [1.807, 2.05) is 11.9 Å². The van der Waals surface area contributed by atoms with Gasteiger partial charge in [-0.05, 0) is 37.1 Å². The number of hydrogen-bond donors (Lipinski definition) is 0. The minimum Gasteiger partial charge on any atom is -0.342 e. The second-order valence-corrected chi connectivity index (χ2v) is 9.99. The van der Waals surface area contributed by atoms with Crippen LogP contribution in [0.3, 0.4) is 0 Å². The number of piperidine rings is 1. The van der Waals surface area contributed by atoms with Crippen molar-refractivity contribution in [1.29, 1.82) is 0 Å². The summed E-state index contributed by atoms with van der Waals surface area (Å²) in [4.78, 5) is 14.8. The molecule has 0 aromatic carbocycles. The van der Waals surface area contributed by atoms with Gasteiger partial charge in [0.15, 0.2) is 0 Å². The van der Waals surface area contributed by atoms with Crippen LogP contribution in [0.5, 0.6) is 0 Å². The Balaban J connectivity index is 1.68. The first-order valence-corrected chi connectivity index (χ1v) is 11.1. The van der Waals surface area contributed by atoms with Gasteiger partial charge in [-0.25, -0.2) is 8.42 Å². The van der Waals surface area contributed by atoms with E-state index in [2.05, 4.69) is 0 Å². The summed E-state index contributed by atoms with van der Waals surface area (Å²) in [5.41, 5.74) is 0. The van der Waals surface area contributed by atoms with Crippen molar-refractivity contribution in [1.82, 2.24) is 9.21 Å². The van der Waals surface area contributed by atoms with Gasteiger partial charge in [0.1, 0.15) is 4.21 Å². The average molecular weight is 371 g/mol. The molecule has 0 N–H and O–H groups in total. The Morgan fingerprint density at radius 3 is 2.62 bits per heavy atom. The summed E-state index contributed by atoms with van der Waals surface area (Å²) in [5.74, 6) is -0.0895. The lowest BCUT2D eigenvalue weighted by Crippen LogP contribution is -2.48. The Morgan fingerprint density at radius 2 is 1.96 bits per heavy atom. The molecule has 1 aromatic heterocycles. The maximum atomic E-state index is 12.9. The van der Waals surface area contributed by atoms with Crippen LogP contribution < -0.4 is 0 Å². The molecular weight excluding hydrogens is 344 g/mol. The highest BCUT2D eigenvalue weighted by Gasteiger charge is 2.36. The molecule has 1 saturated heterocycles. The van der Waals surface area contributed by atoms with Crippen LogP contribution in [0.2, 0.25) is 0 Å². The molecule has 24 heavy (non-hydrogen) atoms. The minimum atomic E-state index is -3.45. The Labute approximate surface area is 148 Å². The Morgan fingerprint density at radius 1 is 1.21 bits per heavy atom. The molecule has 0 spiro atoms. The lowest BCUT2D eigenvalue weighted by Gasteiger charge is -2.37. The molecular formula is C17H26N2O3S2. The fourth-order valence-electron chi connectivity index (χ4n) is 3.84. The number of nitrogens with zero attached hydrogens (tertiary/aromatic N) is 2. The summed E-state index contributed by atoms with van der Waals surface area (Å²) in [7, 11) is -1.56. The third kappa shape index (κ3) is 3.68. The van der Waals surface area contributed by atoms with Gasteiger partial charge in [-0.2, -0.15) is 4.31 Å². The van der Waals surface area contributed by atoms with Crippen LogP contribution in [0.15, 0.2) is 21.7 Å². The average Bonchev–Trinajstić information content (AvgIpc) is 3.17. The van der Waals surface area contributed by atoms with Crippen molar-refractivity contribution in [2.45, 2.75) is 55.2 Å². The number of carbonyl (C=O) groups is 1. The van der Waals surface area contributed by atoms with Crippen LogP contribution in [0.1, 0.15) is 44.9 Å². The lowest BCUT2D eigenvalue weighted by atomic mass is 9.92. The van der Waals surface area contributed by atoms with Gasteiger partial charge >= 0.3 is 0 Å². The fourth-order valence-corrected chi connectivity index (χ4v) is 6.50. The molecule has 1 amide bonds. The predicted octanol–water partition coefficient (Wildman–Crippen LogP) is 2.94. The number of sulfonamides is 1. The molecule has 1 atom stereocenters. The molecule has 1 aromatic rings. The Kier molecular flexibility index (Phi) is 5.62. The highest BCUT2D eigenvalue weighted by Crippen LogP contribution is 2.29. The number of amides is 1. The molecule has 3 rings (SSSR count). The highest BCUT2D eigenvalue weighted by molar-refractivity contribution is 7.91. The van der Waals surface area contributed by atoms with Crippen LogP contribution in [0.25, 0.3) is 0 Å². The van der Waals surface area contributed by atoms with E-state index in [1.54, 1.807) is 17.5 Å². The van der Waals surface area contributed by atoms with Gasteiger partial charge in [0.2, 0.25) is 5.91 Å². The van der Waals surface area contributed by atoms with Crippen molar-refractivity contribution in [2.24, 2.45) is 5.92 Å². The Hall–Kier alpha value is -0.920. The molecule has 0 radical (unpaired) electrons. The smallest absolute Gasteiger partial charge is 0.252 e. The van der Waals surface area contributed by atoms with Gasteiger partial charge in [0, 0.05) is 26.2 Å². The van der Waals surface area contributed by atoms with E-state index < -0.39 is 10.0 Å². The normalized spacial score (nSPS) is 24.0. The van der Waals surface area contributed by atoms with Crippen molar-refractivity contribution >= 4 is 27.3 Å². The number of carbonyl (C=O) groups excluding carboxylic acids is 1. The zero-order valence-electron chi connectivity index (χ0n) is 14.2. The SMILES string of the molecule is CN(C(=O)C1CCCN(S(=O)(=O)c2cccs2)C1)C1CCCCC1. The second-order valence-electron chi connectivity index (χ2n) is 6.88. The largest absolute Gasteiger partial charge is 0.342 e. The first-order chi connectivity index (χ1) is 11.5. The van der Waals surface area contributed by atoms with E-state index in [4.69, 9.17) is 0 Å². The number of thiophene rings is 1. The van der Waals surface area contributed by atoms with Crippen LogP contribution in [-0.4, -0.2) is 49.7 Å². The molecule has 134 valence electrons. The van der Waals surface area contributed by atoms with Gasteiger partial charge in [0.25, 0.3) is 10.0 Å². The Bertz CT molecular complexity index is 651. The summed E-state index contributed by atoms with van der Waals surface area (Å²) >= 11 is 1.24. The van der Waals surface area contributed by atoms with E-state index in [9.17, 15) is 13.2 Å². The topological polar surface area (TPSA) is 57.7 Å². The molecule has 2 aliphatic rings.